The molecule has 0 spiro atoms. The molecule has 2 aromatic rings. The molecule has 0 aromatic carbocycles. The van der Waals surface area contributed by atoms with Crippen LogP contribution in [0.4, 0.5) is 0 Å². The Hall–Kier alpha value is -1.41. The van der Waals surface area contributed by atoms with Gasteiger partial charge in [0.2, 0.25) is 0 Å². The molecule has 0 atom stereocenters. The highest BCUT2D eigenvalue weighted by atomic mass is 32.1. The van der Waals surface area contributed by atoms with E-state index in [1.165, 1.54) is 15.8 Å². The summed E-state index contributed by atoms with van der Waals surface area (Å²) in [6.45, 7) is 4.08. The molecule has 15 heavy (non-hydrogen) atoms. The molecule has 0 bridgehead atoms. The van der Waals surface area contributed by atoms with Crippen LogP contribution in [0, 0.1) is 0 Å². The number of nitrogens with zero attached hydrogens (tertiary/aromatic N) is 1. The van der Waals surface area contributed by atoms with Crippen LogP contribution in [-0.2, 0) is 0 Å². The molecule has 0 aliphatic rings. The Morgan fingerprint density at radius 1 is 1.20 bits per heavy atom. The summed E-state index contributed by atoms with van der Waals surface area (Å²) in [7, 11) is 0. The van der Waals surface area contributed by atoms with Crippen LogP contribution in [0.1, 0.15) is 24.3 Å². The SMILES string of the molecule is C/C=C\c1sc2ncccc2c1/C=C\C. The van der Waals surface area contributed by atoms with Gasteiger partial charge in [-0.25, -0.2) is 4.98 Å². The number of hydrogen-bond donors (Lipinski definition) is 0. The van der Waals surface area contributed by atoms with Crippen LogP contribution in [0.5, 0.6) is 0 Å². The van der Waals surface area contributed by atoms with E-state index in [0.29, 0.717) is 0 Å². The van der Waals surface area contributed by atoms with E-state index in [2.05, 4.69) is 35.4 Å². The van der Waals surface area contributed by atoms with E-state index in [1.807, 2.05) is 26.1 Å². The van der Waals surface area contributed by atoms with Crippen LogP contribution >= 0.6 is 11.3 Å². The molecule has 76 valence electrons. The molecule has 2 heteroatoms. The Bertz CT molecular complexity index is 520. The molecule has 0 amide bonds. The van der Waals surface area contributed by atoms with Gasteiger partial charge >= 0.3 is 0 Å². The smallest absolute Gasteiger partial charge is 0.124 e. The second-order valence-corrected chi connectivity index (χ2v) is 4.27. The van der Waals surface area contributed by atoms with E-state index in [1.54, 1.807) is 11.3 Å². The number of fused-ring (bicyclic) bond motifs is 1. The van der Waals surface area contributed by atoms with Crippen molar-refractivity contribution >= 4 is 33.7 Å². The molecule has 0 saturated heterocycles. The minimum Gasteiger partial charge on any atom is -0.245 e. The summed E-state index contributed by atoms with van der Waals surface area (Å²) in [5.41, 5.74) is 1.28. The van der Waals surface area contributed by atoms with E-state index >= 15 is 0 Å². The topological polar surface area (TPSA) is 12.9 Å². The zero-order valence-corrected chi connectivity index (χ0v) is 9.71. The summed E-state index contributed by atoms with van der Waals surface area (Å²) in [6, 6.07) is 4.11. The summed E-state index contributed by atoms with van der Waals surface area (Å²) < 4.78 is 0. The monoisotopic (exact) mass is 215 g/mol. The second kappa shape index (κ2) is 4.41. The number of pyridine rings is 1. The van der Waals surface area contributed by atoms with Gasteiger partial charge in [0.25, 0.3) is 0 Å². The predicted octanol–water partition coefficient (Wildman–Crippen LogP) is 4.36. The Morgan fingerprint density at radius 2 is 2.00 bits per heavy atom. The number of allylic oxidation sites excluding steroid dienone is 2. The molecular weight excluding hydrogens is 202 g/mol. The van der Waals surface area contributed by atoms with Gasteiger partial charge in [0.1, 0.15) is 4.83 Å². The predicted molar refractivity (Wildman–Crippen MR) is 69.0 cm³/mol. The third kappa shape index (κ3) is 1.85. The van der Waals surface area contributed by atoms with Gasteiger partial charge in [-0.15, -0.1) is 11.3 Å². The Labute approximate surface area is 93.8 Å². The van der Waals surface area contributed by atoms with Crippen LogP contribution in [0.2, 0.25) is 0 Å². The lowest BCUT2D eigenvalue weighted by Crippen LogP contribution is -1.73. The largest absolute Gasteiger partial charge is 0.245 e. The van der Waals surface area contributed by atoms with Crippen LogP contribution in [0.15, 0.2) is 30.5 Å². The lowest BCUT2D eigenvalue weighted by molar-refractivity contribution is 1.45. The van der Waals surface area contributed by atoms with Gasteiger partial charge < -0.3 is 0 Å². The summed E-state index contributed by atoms with van der Waals surface area (Å²) in [5.74, 6) is 0. The van der Waals surface area contributed by atoms with Gasteiger partial charge in [-0.2, -0.15) is 0 Å². The molecule has 2 aromatic heterocycles. The highest BCUT2D eigenvalue weighted by molar-refractivity contribution is 7.19. The minimum absolute atomic E-state index is 1.11. The fraction of sp³-hybridized carbons (Fsp3) is 0.154. The molecule has 1 nitrogen and oxygen atoms in total. The van der Waals surface area contributed by atoms with Crippen molar-refractivity contribution in [1.29, 1.82) is 0 Å². The zero-order valence-electron chi connectivity index (χ0n) is 8.90. The molecule has 0 aliphatic carbocycles. The molecular formula is C13H13NS. The zero-order chi connectivity index (χ0) is 10.7. The van der Waals surface area contributed by atoms with E-state index in [4.69, 9.17) is 0 Å². The van der Waals surface area contributed by atoms with Crippen LogP contribution < -0.4 is 0 Å². The first-order valence-electron chi connectivity index (χ1n) is 4.99. The number of rotatable bonds is 2. The van der Waals surface area contributed by atoms with E-state index in [9.17, 15) is 0 Å². The van der Waals surface area contributed by atoms with Crippen LogP contribution in [-0.4, -0.2) is 4.98 Å². The van der Waals surface area contributed by atoms with Crippen molar-refractivity contribution < 1.29 is 0 Å². The highest BCUT2D eigenvalue weighted by Gasteiger charge is 2.07. The Balaban J connectivity index is 2.74. The molecule has 0 aliphatic heterocycles. The molecule has 0 fully saturated rings. The normalized spacial score (nSPS) is 12.1. The van der Waals surface area contributed by atoms with Crippen molar-refractivity contribution in [1.82, 2.24) is 4.98 Å². The quantitative estimate of drug-likeness (QED) is 0.725. The molecule has 2 heterocycles. The Morgan fingerprint density at radius 3 is 2.73 bits per heavy atom. The summed E-state index contributed by atoms with van der Waals surface area (Å²) >= 11 is 1.74. The number of thiophene rings is 1. The van der Waals surface area contributed by atoms with Gasteiger partial charge in [0, 0.05) is 22.0 Å². The van der Waals surface area contributed by atoms with Gasteiger partial charge in [-0.3, -0.25) is 0 Å². The van der Waals surface area contributed by atoms with Crippen molar-refractivity contribution in [2.75, 3.05) is 0 Å². The summed E-state index contributed by atoms with van der Waals surface area (Å²) in [6.07, 6.45) is 10.3. The van der Waals surface area contributed by atoms with E-state index in [-0.39, 0.29) is 0 Å². The van der Waals surface area contributed by atoms with Crippen LogP contribution in [0.3, 0.4) is 0 Å². The molecule has 0 radical (unpaired) electrons. The van der Waals surface area contributed by atoms with Gasteiger partial charge in [0.05, 0.1) is 0 Å². The van der Waals surface area contributed by atoms with Crippen molar-refractivity contribution in [3.63, 3.8) is 0 Å². The Kier molecular flexibility index (Phi) is 2.97. The average Bonchev–Trinajstić information content (AvgIpc) is 2.59. The van der Waals surface area contributed by atoms with Crippen molar-refractivity contribution in [2.45, 2.75) is 13.8 Å². The van der Waals surface area contributed by atoms with Crippen molar-refractivity contribution in [3.05, 3.63) is 40.9 Å². The van der Waals surface area contributed by atoms with Gasteiger partial charge in [0.15, 0.2) is 0 Å². The summed E-state index contributed by atoms with van der Waals surface area (Å²) in [5, 5.41) is 1.24. The maximum Gasteiger partial charge on any atom is 0.124 e. The molecule has 0 unspecified atom stereocenters. The first kappa shape index (κ1) is 10.1. The second-order valence-electron chi connectivity index (χ2n) is 3.24. The van der Waals surface area contributed by atoms with Gasteiger partial charge in [-0.1, -0.05) is 18.2 Å². The maximum atomic E-state index is 4.38. The highest BCUT2D eigenvalue weighted by Crippen LogP contribution is 2.31. The standard InChI is InChI=1S/C13H13NS/c1-3-6-10-11-8-5-9-14-13(11)15-12(10)7-4-2/h3-9H,1-2H3/b6-3-,7-4-. The maximum absolute atomic E-state index is 4.38. The molecule has 2 rings (SSSR count). The third-order valence-electron chi connectivity index (χ3n) is 2.18. The lowest BCUT2D eigenvalue weighted by Gasteiger charge is -1.92. The van der Waals surface area contributed by atoms with E-state index in [0.717, 1.165) is 4.83 Å². The fourth-order valence-electron chi connectivity index (χ4n) is 1.58. The van der Waals surface area contributed by atoms with Crippen LogP contribution in [0.25, 0.3) is 22.4 Å². The molecule has 0 N–H and O–H groups in total. The number of hydrogen-bond acceptors (Lipinski definition) is 2. The third-order valence-corrected chi connectivity index (χ3v) is 3.28. The van der Waals surface area contributed by atoms with Gasteiger partial charge in [-0.05, 0) is 32.1 Å². The minimum atomic E-state index is 1.11. The van der Waals surface area contributed by atoms with Crippen molar-refractivity contribution in [2.24, 2.45) is 0 Å². The van der Waals surface area contributed by atoms with Crippen molar-refractivity contribution in [3.8, 4) is 0 Å². The lowest BCUT2D eigenvalue weighted by atomic mass is 10.1. The van der Waals surface area contributed by atoms with E-state index < -0.39 is 0 Å². The fourth-order valence-corrected chi connectivity index (χ4v) is 2.68. The number of aromatic nitrogens is 1. The average molecular weight is 215 g/mol. The first-order valence-corrected chi connectivity index (χ1v) is 5.81. The molecule has 0 saturated carbocycles. The summed E-state index contributed by atoms with van der Waals surface area (Å²) in [4.78, 5) is 6.77. The first-order chi connectivity index (χ1) is 7.36.